The highest BCUT2D eigenvalue weighted by atomic mass is 32.2. The third-order valence-electron chi connectivity index (χ3n) is 8.42. The van der Waals surface area contributed by atoms with E-state index in [1.807, 2.05) is 36.2 Å². The summed E-state index contributed by atoms with van der Waals surface area (Å²) in [4.78, 5) is 12.0. The molecule has 0 unspecified atom stereocenters. The van der Waals surface area contributed by atoms with Crippen molar-refractivity contribution in [1.29, 1.82) is 0 Å². The molecule has 208 valence electrons. The normalized spacial score (nSPS) is 14.5. The Hall–Kier alpha value is -5.00. The average Bonchev–Trinajstić information content (AvgIpc) is 3.40. The van der Waals surface area contributed by atoms with E-state index in [-0.39, 0.29) is 0 Å². The molecular weight excluding hydrogens is 547 g/mol. The van der Waals surface area contributed by atoms with E-state index in [1.165, 1.54) is 32.3 Å². The zero-order valence-electron chi connectivity index (χ0n) is 23.7. The molecule has 0 saturated heterocycles. The predicted molar refractivity (Wildman–Crippen MR) is 175 cm³/mol. The van der Waals surface area contributed by atoms with Gasteiger partial charge in [-0.15, -0.1) is 0 Å². The number of rotatable bonds is 5. The zero-order valence-corrected chi connectivity index (χ0v) is 24.5. The van der Waals surface area contributed by atoms with Gasteiger partial charge in [0.1, 0.15) is 11.5 Å². The van der Waals surface area contributed by atoms with Crippen LogP contribution in [0.2, 0.25) is 0 Å². The van der Waals surface area contributed by atoms with E-state index in [4.69, 9.17) is 9.72 Å². The lowest BCUT2D eigenvalue weighted by atomic mass is 9.66. The molecule has 6 aromatic rings. The fraction of sp³-hybridized carbons (Fsp3) is 0.0789. The monoisotopic (exact) mass is 575 g/mol. The van der Waals surface area contributed by atoms with E-state index in [1.54, 1.807) is 0 Å². The van der Waals surface area contributed by atoms with Crippen LogP contribution in [0.1, 0.15) is 22.4 Å². The summed E-state index contributed by atoms with van der Waals surface area (Å²) < 4.78 is 6.62. The number of benzene rings is 5. The summed E-state index contributed by atoms with van der Waals surface area (Å²) in [6, 6.07) is 49.0. The maximum absolute atomic E-state index is 6.62. The van der Waals surface area contributed by atoms with Gasteiger partial charge in [-0.2, -0.15) is 0 Å². The second kappa shape index (κ2) is 10.4. The summed E-state index contributed by atoms with van der Waals surface area (Å²) in [7, 11) is 2.13. The molecule has 0 saturated carbocycles. The summed E-state index contributed by atoms with van der Waals surface area (Å²) in [6.45, 7) is 0.793. The van der Waals surface area contributed by atoms with Gasteiger partial charge < -0.3 is 14.5 Å². The Labute approximate surface area is 256 Å². The van der Waals surface area contributed by atoms with Gasteiger partial charge in [0.25, 0.3) is 0 Å². The van der Waals surface area contributed by atoms with Crippen molar-refractivity contribution in [2.24, 2.45) is 0 Å². The van der Waals surface area contributed by atoms with E-state index in [9.17, 15) is 0 Å². The number of anilines is 3. The highest BCUT2D eigenvalue weighted by molar-refractivity contribution is 7.99. The first-order chi connectivity index (χ1) is 21.2. The molecule has 0 amide bonds. The van der Waals surface area contributed by atoms with Gasteiger partial charge >= 0.3 is 0 Å². The fourth-order valence-corrected chi connectivity index (χ4v) is 7.75. The van der Waals surface area contributed by atoms with Gasteiger partial charge in [-0.05, 0) is 77.4 Å². The molecule has 1 aromatic heterocycles. The van der Waals surface area contributed by atoms with E-state index in [0.29, 0.717) is 0 Å². The molecule has 3 heterocycles. The molecule has 0 bridgehead atoms. The van der Waals surface area contributed by atoms with Gasteiger partial charge in [-0.3, -0.25) is 4.98 Å². The maximum Gasteiger partial charge on any atom is 0.129 e. The Bertz CT molecular complexity index is 1910. The average molecular weight is 576 g/mol. The minimum absolute atomic E-state index is 0.592. The van der Waals surface area contributed by atoms with Gasteiger partial charge in [-0.1, -0.05) is 84.6 Å². The molecule has 0 radical (unpaired) electrons. The molecular formula is C38H29N3OS. The number of pyridine rings is 1. The van der Waals surface area contributed by atoms with E-state index in [0.717, 1.165) is 35.1 Å². The lowest BCUT2D eigenvalue weighted by Crippen LogP contribution is -2.34. The van der Waals surface area contributed by atoms with E-state index >= 15 is 0 Å². The predicted octanol–water partition coefficient (Wildman–Crippen LogP) is 9.27. The molecule has 2 aliphatic heterocycles. The van der Waals surface area contributed by atoms with Crippen LogP contribution in [0, 0.1) is 0 Å². The summed E-state index contributed by atoms with van der Waals surface area (Å²) in [5.74, 6) is 1.59. The van der Waals surface area contributed by atoms with Crippen molar-refractivity contribution < 1.29 is 4.74 Å². The summed E-state index contributed by atoms with van der Waals surface area (Å²) in [5, 5.41) is 0. The van der Waals surface area contributed by atoms with Crippen LogP contribution in [-0.2, 0) is 5.41 Å². The molecule has 0 spiro atoms. The van der Waals surface area contributed by atoms with Gasteiger partial charge in [0.2, 0.25) is 0 Å². The van der Waals surface area contributed by atoms with Crippen LogP contribution in [0.4, 0.5) is 17.1 Å². The van der Waals surface area contributed by atoms with Gasteiger partial charge in [0, 0.05) is 34.8 Å². The van der Waals surface area contributed by atoms with Gasteiger partial charge in [0.05, 0.1) is 29.2 Å². The number of fused-ring (bicyclic) bond motifs is 3. The Morgan fingerprint density at radius 3 is 2.05 bits per heavy atom. The Morgan fingerprint density at radius 1 is 0.651 bits per heavy atom. The van der Waals surface area contributed by atoms with Crippen molar-refractivity contribution in [3.8, 4) is 11.5 Å². The van der Waals surface area contributed by atoms with Crippen LogP contribution < -0.4 is 14.5 Å². The topological polar surface area (TPSA) is 28.6 Å². The molecule has 0 aliphatic carbocycles. The minimum atomic E-state index is -0.592. The Morgan fingerprint density at radius 2 is 1.30 bits per heavy atom. The van der Waals surface area contributed by atoms with Gasteiger partial charge in [0.15, 0.2) is 0 Å². The molecule has 0 N–H and O–H groups in total. The molecule has 8 rings (SSSR count). The van der Waals surface area contributed by atoms with Crippen molar-refractivity contribution in [3.63, 3.8) is 0 Å². The van der Waals surface area contributed by atoms with E-state index in [2.05, 4.69) is 138 Å². The number of aromatic nitrogens is 1. The van der Waals surface area contributed by atoms with Crippen LogP contribution in [0.5, 0.6) is 11.5 Å². The Kier molecular flexibility index (Phi) is 6.20. The zero-order chi connectivity index (χ0) is 28.8. The molecule has 0 fully saturated rings. The third kappa shape index (κ3) is 4.19. The number of hydrogen-bond donors (Lipinski definition) is 0. The first-order valence-corrected chi connectivity index (χ1v) is 15.3. The lowest BCUT2D eigenvalue weighted by molar-refractivity contribution is 0.481. The summed E-state index contributed by atoms with van der Waals surface area (Å²) >= 11 is 1.82. The standard InChI is InChI=1S/C38H29N3OS/c1-40-26-41(34-19-5-4-18-33(34)40)28-13-11-15-30(25-28)42-29-14-10-12-27(24-29)38(37-22-8-9-23-39-37)31-16-2-6-20-35(31)43-36-21-7-3-17-32(36)38/h2-25H,26H2,1H3. The van der Waals surface area contributed by atoms with Crippen molar-refractivity contribution in [2.45, 2.75) is 15.2 Å². The highest BCUT2D eigenvalue weighted by Crippen LogP contribution is 2.55. The summed E-state index contributed by atoms with van der Waals surface area (Å²) in [6.07, 6.45) is 1.89. The van der Waals surface area contributed by atoms with Crippen molar-refractivity contribution in [2.75, 3.05) is 23.5 Å². The molecule has 43 heavy (non-hydrogen) atoms. The molecule has 5 aromatic carbocycles. The highest BCUT2D eigenvalue weighted by Gasteiger charge is 2.45. The van der Waals surface area contributed by atoms with Crippen LogP contribution in [0.25, 0.3) is 0 Å². The Balaban J connectivity index is 1.23. The van der Waals surface area contributed by atoms with Crippen molar-refractivity contribution in [3.05, 3.63) is 168 Å². The first-order valence-electron chi connectivity index (χ1n) is 14.5. The lowest BCUT2D eigenvalue weighted by Gasteiger charge is -2.40. The first kappa shape index (κ1) is 25.7. The number of ether oxygens (including phenoxy) is 1. The largest absolute Gasteiger partial charge is 0.457 e. The van der Waals surface area contributed by atoms with Crippen molar-refractivity contribution in [1.82, 2.24) is 4.98 Å². The van der Waals surface area contributed by atoms with Crippen molar-refractivity contribution >= 4 is 28.8 Å². The number of para-hydroxylation sites is 2. The van der Waals surface area contributed by atoms with Crippen LogP contribution in [-0.4, -0.2) is 18.7 Å². The minimum Gasteiger partial charge on any atom is -0.457 e. The fourth-order valence-electron chi connectivity index (χ4n) is 6.56. The molecule has 5 heteroatoms. The summed E-state index contributed by atoms with van der Waals surface area (Å²) in [5.41, 5.74) is 7.51. The van der Waals surface area contributed by atoms with Crippen LogP contribution in [0.3, 0.4) is 0 Å². The molecule has 2 aliphatic rings. The van der Waals surface area contributed by atoms with E-state index < -0.39 is 5.41 Å². The smallest absolute Gasteiger partial charge is 0.129 e. The maximum atomic E-state index is 6.62. The van der Waals surface area contributed by atoms with Crippen LogP contribution in [0.15, 0.2) is 156 Å². The van der Waals surface area contributed by atoms with Crippen LogP contribution >= 0.6 is 11.8 Å². The quantitative estimate of drug-likeness (QED) is 0.204. The number of hydrogen-bond acceptors (Lipinski definition) is 5. The SMILES string of the molecule is CN1CN(c2cccc(Oc3cccc(C4(c5ccccn5)c5ccccc5Sc5ccccc54)c3)c2)c2ccccc21. The van der Waals surface area contributed by atoms with Gasteiger partial charge in [-0.25, -0.2) is 0 Å². The second-order valence-electron chi connectivity index (χ2n) is 10.9. The molecule has 0 atom stereocenters. The second-order valence-corrected chi connectivity index (χ2v) is 12.0. The molecule has 4 nitrogen and oxygen atoms in total. The number of nitrogens with zero attached hydrogens (tertiary/aromatic N) is 3. The third-order valence-corrected chi connectivity index (χ3v) is 9.57.